The predicted octanol–water partition coefficient (Wildman–Crippen LogP) is 5.47. The molecule has 0 radical (unpaired) electrons. The van der Waals surface area contributed by atoms with Crippen molar-refractivity contribution in [3.05, 3.63) is 59.2 Å². The maximum absolute atomic E-state index is 13.2. The molecule has 0 aromatic heterocycles. The Morgan fingerprint density at radius 3 is 2.62 bits per heavy atom. The molecule has 2 aliphatic heterocycles. The van der Waals surface area contributed by atoms with Crippen LogP contribution in [0.2, 0.25) is 0 Å². The molecule has 2 aromatic rings. The number of amides is 1. The third-order valence-corrected chi connectivity index (χ3v) is 6.78. The highest BCUT2D eigenvalue weighted by molar-refractivity contribution is 7.99. The summed E-state index contributed by atoms with van der Waals surface area (Å²) < 4.78 is 11.4. The summed E-state index contributed by atoms with van der Waals surface area (Å²) in [5, 5.41) is 0.0204. The van der Waals surface area contributed by atoms with Crippen LogP contribution in [0.1, 0.15) is 59.5 Å². The highest BCUT2D eigenvalue weighted by Gasteiger charge is 2.32. The molecule has 4 nitrogen and oxygen atoms in total. The van der Waals surface area contributed by atoms with Gasteiger partial charge in [-0.2, -0.15) is 0 Å². The van der Waals surface area contributed by atoms with E-state index in [0.717, 1.165) is 41.3 Å². The number of ether oxygens (including phenoxy) is 2. The molecular weight excluding hydrogens is 382 g/mol. The second kappa shape index (κ2) is 9.57. The molecular formula is C24H29NO3S. The van der Waals surface area contributed by atoms with Crippen LogP contribution in [0.4, 0.5) is 0 Å². The third kappa shape index (κ3) is 4.72. The summed E-state index contributed by atoms with van der Waals surface area (Å²) in [5.74, 6) is 2.62. The minimum Gasteiger partial charge on any atom is -0.486 e. The van der Waals surface area contributed by atoms with Crippen LogP contribution in [0.3, 0.4) is 0 Å². The molecule has 0 bridgehead atoms. The van der Waals surface area contributed by atoms with Gasteiger partial charge in [0.2, 0.25) is 0 Å². The second-order valence-electron chi connectivity index (χ2n) is 7.63. The average molecular weight is 412 g/mol. The van der Waals surface area contributed by atoms with E-state index >= 15 is 0 Å². The van der Waals surface area contributed by atoms with Gasteiger partial charge in [-0.3, -0.25) is 4.79 Å². The third-order valence-electron chi connectivity index (χ3n) is 5.52. The number of hydrogen-bond donors (Lipinski definition) is 0. The van der Waals surface area contributed by atoms with Gasteiger partial charge in [0.15, 0.2) is 11.5 Å². The van der Waals surface area contributed by atoms with Crippen molar-refractivity contribution in [1.29, 1.82) is 0 Å². The van der Waals surface area contributed by atoms with E-state index in [-0.39, 0.29) is 11.3 Å². The Hall–Kier alpha value is -2.14. The summed E-state index contributed by atoms with van der Waals surface area (Å²) in [6.45, 7) is 4.15. The molecule has 154 valence electrons. The van der Waals surface area contributed by atoms with Gasteiger partial charge in [-0.15, -0.1) is 11.8 Å². The molecule has 0 unspecified atom stereocenters. The number of benzene rings is 2. The van der Waals surface area contributed by atoms with Gasteiger partial charge in [0.1, 0.15) is 18.6 Å². The Kier molecular flexibility index (Phi) is 6.65. The Balaban J connectivity index is 1.44. The van der Waals surface area contributed by atoms with Crippen LogP contribution in [0.25, 0.3) is 0 Å². The lowest BCUT2D eigenvalue weighted by molar-refractivity contribution is 0.0760. The van der Waals surface area contributed by atoms with Gasteiger partial charge in [-0.25, -0.2) is 0 Å². The number of hydrogen-bond acceptors (Lipinski definition) is 4. The maximum Gasteiger partial charge on any atom is 0.255 e. The first kappa shape index (κ1) is 20.1. The first-order valence-electron chi connectivity index (χ1n) is 10.7. The SMILES string of the molecule is CCCCCCc1ccc(C(=O)N2CCS[C@H]2c2ccc3c(c2)OCCO3)cc1. The smallest absolute Gasteiger partial charge is 0.255 e. The van der Waals surface area contributed by atoms with Gasteiger partial charge >= 0.3 is 0 Å². The van der Waals surface area contributed by atoms with Gasteiger partial charge in [0.05, 0.1) is 0 Å². The quantitative estimate of drug-likeness (QED) is 0.567. The van der Waals surface area contributed by atoms with Crippen molar-refractivity contribution in [2.24, 2.45) is 0 Å². The lowest BCUT2D eigenvalue weighted by Gasteiger charge is -2.26. The molecule has 29 heavy (non-hydrogen) atoms. The fourth-order valence-corrected chi connectivity index (χ4v) is 5.15. The van der Waals surface area contributed by atoms with Gasteiger partial charge in [0, 0.05) is 17.9 Å². The zero-order chi connectivity index (χ0) is 20.1. The fourth-order valence-electron chi connectivity index (χ4n) is 3.90. The van der Waals surface area contributed by atoms with Gasteiger partial charge < -0.3 is 14.4 Å². The topological polar surface area (TPSA) is 38.8 Å². The number of rotatable bonds is 7. The first-order valence-corrected chi connectivity index (χ1v) is 11.7. The van der Waals surface area contributed by atoms with Gasteiger partial charge in [0.25, 0.3) is 5.91 Å². The summed E-state index contributed by atoms with van der Waals surface area (Å²) in [6, 6.07) is 14.2. The molecule has 1 atom stereocenters. The predicted molar refractivity (Wildman–Crippen MR) is 118 cm³/mol. The average Bonchev–Trinajstić information content (AvgIpc) is 3.26. The van der Waals surface area contributed by atoms with E-state index in [9.17, 15) is 4.79 Å². The van der Waals surface area contributed by atoms with E-state index in [4.69, 9.17) is 9.47 Å². The molecule has 1 saturated heterocycles. The van der Waals surface area contributed by atoms with Gasteiger partial charge in [-0.1, -0.05) is 44.4 Å². The normalized spacial score (nSPS) is 18.1. The van der Waals surface area contributed by atoms with Crippen molar-refractivity contribution in [1.82, 2.24) is 4.90 Å². The molecule has 4 rings (SSSR count). The lowest BCUT2D eigenvalue weighted by Crippen LogP contribution is -2.30. The largest absolute Gasteiger partial charge is 0.486 e. The first-order chi connectivity index (χ1) is 14.3. The number of unbranched alkanes of at least 4 members (excludes halogenated alkanes) is 3. The molecule has 0 spiro atoms. The Labute approximate surface area is 177 Å². The minimum atomic E-state index is 0.0204. The number of fused-ring (bicyclic) bond motifs is 1. The highest BCUT2D eigenvalue weighted by Crippen LogP contribution is 2.42. The summed E-state index contributed by atoms with van der Waals surface area (Å²) in [5.41, 5.74) is 3.18. The molecule has 1 fully saturated rings. The van der Waals surface area contributed by atoms with Crippen LogP contribution in [0.15, 0.2) is 42.5 Å². The van der Waals surface area contributed by atoms with E-state index in [1.807, 2.05) is 29.2 Å². The molecule has 0 N–H and O–H groups in total. The van der Waals surface area contributed by atoms with Crippen molar-refractivity contribution in [2.45, 2.75) is 44.4 Å². The van der Waals surface area contributed by atoms with Crippen molar-refractivity contribution in [3.63, 3.8) is 0 Å². The van der Waals surface area contributed by atoms with Crippen LogP contribution in [0.5, 0.6) is 11.5 Å². The van der Waals surface area contributed by atoms with Crippen molar-refractivity contribution < 1.29 is 14.3 Å². The van der Waals surface area contributed by atoms with Crippen LogP contribution in [-0.2, 0) is 6.42 Å². The van der Waals surface area contributed by atoms with Crippen LogP contribution in [0, 0.1) is 0 Å². The summed E-state index contributed by atoms with van der Waals surface area (Å²) in [6.07, 6.45) is 6.14. The van der Waals surface area contributed by atoms with Gasteiger partial charge in [-0.05, 0) is 48.2 Å². The maximum atomic E-state index is 13.2. The van der Waals surface area contributed by atoms with Crippen LogP contribution >= 0.6 is 11.8 Å². The summed E-state index contributed by atoms with van der Waals surface area (Å²) in [4.78, 5) is 15.2. The molecule has 0 saturated carbocycles. The highest BCUT2D eigenvalue weighted by atomic mass is 32.2. The monoisotopic (exact) mass is 411 g/mol. The molecule has 1 amide bonds. The Morgan fingerprint density at radius 2 is 1.83 bits per heavy atom. The standard InChI is InChI=1S/C24H29NO3S/c1-2-3-4-5-6-18-7-9-19(10-8-18)23(26)25-13-16-29-24(25)20-11-12-21-22(17-20)28-15-14-27-21/h7-12,17,24H,2-6,13-16H2,1H3/t24-/m0/s1. The van der Waals surface area contributed by atoms with E-state index in [0.29, 0.717) is 13.2 Å². The van der Waals surface area contributed by atoms with E-state index in [2.05, 4.69) is 25.1 Å². The van der Waals surface area contributed by atoms with Crippen molar-refractivity contribution in [2.75, 3.05) is 25.5 Å². The fraction of sp³-hybridized carbons (Fsp3) is 0.458. The second-order valence-corrected chi connectivity index (χ2v) is 8.82. The number of carbonyl (C=O) groups excluding carboxylic acids is 1. The molecule has 5 heteroatoms. The van der Waals surface area contributed by atoms with Crippen LogP contribution < -0.4 is 9.47 Å². The number of nitrogens with zero attached hydrogens (tertiary/aromatic N) is 1. The lowest BCUT2D eigenvalue weighted by atomic mass is 10.0. The van der Waals surface area contributed by atoms with Crippen molar-refractivity contribution in [3.8, 4) is 11.5 Å². The van der Waals surface area contributed by atoms with E-state index in [1.165, 1.54) is 31.2 Å². The number of aryl methyl sites for hydroxylation is 1. The summed E-state index contributed by atoms with van der Waals surface area (Å²) in [7, 11) is 0. The zero-order valence-electron chi connectivity index (χ0n) is 17.1. The van der Waals surface area contributed by atoms with E-state index < -0.39 is 0 Å². The number of thioether (sulfide) groups is 1. The minimum absolute atomic E-state index is 0.0204. The van der Waals surface area contributed by atoms with Crippen LogP contribution in [-0.4, -0.2) is 36.3 Å². The zero-order valence-corrected chi connectivity index (χ0v) is 17.9. The molecule has 2 aliphatic rings. The van der Waals surface area contributed by atoms with E-state index in [1.54, 1.807) is 11.8 Å². The number of carbonyl (C=O) groups is 1. The molecule has 2 aromatic carbocycles. The summed E-state index contributed by atoms with van der Waals surface area (Å²) >= 11 is 1.80. The van der Waals surface area contributed by atoms with Crippen molar-refractivity contribution >= 4 is 17.7 Å². The molecule has 2 heterocycles. The Morgan fingerprint density at radius 1 is 1.03 bits per heavy atom. The molecule has 0 aliphatic carbocycles. The Bertz CT molecular complexity index is 837.